The minimum atomic E-state index is 0. The molecule has 0 aromatic heterocycles. The van der Waals surface area contributed by atoms with Crippen molar-refractivity contribution in [1.29, 1.82) is 0 Å². The molecule has 1 rings (SSSR count). The summed E-state index contributed by atoms with van der Waals surface area (Å²) in [6.45, 7) is 1.55. The van der Waals surface area contributed by atoms with Crippen molar-refractivity contribution in [2.24, 2.45) is 0 Å². The summed E-state index contributed by atoms with van der Waals surface area (Å²) in [5.74, 6) is 0.0891. The first-order valence-electron chi connectivity index (χ1n) is 3.19. The van der Waals surface area contributed by atoms with Crippen molar-refractivity contribution in [3.05, 3.63) is 41.7 Å². The van der Waals surface area contributed by atoms with Crippen molar-refractivity contribution in [3.8, 4) is 0 Å². The summed E-state index contributed by atoms with van der Waals surface area (Å²) in [4.78, 5) is 0. The Morgan fingerprint density at radius 2 is 1.82 bits per heavy atom. The van der Waals surface area contributed by atoms with Crippen LogP contribution in [0.2, 0.25) is 0 Å². The van der Waals surface area contributed by atoms with E-state index in [0.29, 0.717) is 0 Å². The number of hydrogen-bond donors (Lipinski definition) is 0. The molecule has 0 aliphatic carbocycles. The largest absolute Gasteiger partial charge is 1.00 e. The summed E-state index contributed by atoms with van der Waals surface area (Å²) in [6, 6.07) is 9.56. The van der Waals surface area contributed by atoms with Gasteiger partial charge in [0.1, 0.15) is 0 Å². The average molecular weight is 156 g/mol. The molecule has 1 aromatic carbocycles. The molecule has 0 aliphatic heterocycles. The molecule has 0 bridgehead atoms. The summed E-state index contributed by atoms with van der Waals surface area (Å²) in [5.41, 5.74) is 0.968. The third kappa shape index (κ3) is 4.25. The van der Waals surface area contributed by atoms with E-state index in [1.807, 2.05) is 30.3 Å². The zero-order valence-corrected chi connectivity index (χ0v) is 8.87. The molecule has 0 saturated carbocycles. The zero-order chi connectivity index (χ0) is 7.40. The minimum absolute atomic E-state index is 0. The summed E-state index contributed by atoms with van der Waals surface area (Å²) >= 11 is 0. The first-order chi connectivity index (χ1) is 4.79. The van der Waals surface area contributed by atoms with Crippen LogP contribution in [0.15, 0.2) is 36.1 Å². The van der Waals surface area contributed by atoms with Gasteiger partial charge >= 0.3 is 29.6 Å². The second-order valence-electron chi connectivity index (χ2n) is 2.17. The van der Waals surface area contributed by atoms with Gasteiger partial charge in [0.25, 0.3) is 0 Å². The molecule has 0 atom stereocenters. The van der Waals surface area contributed by atoms with Crippen LogP contribution >= 0.6 is 0 Å². The van der Waals surface area contributed by atoms with Gasteiger partial charge in [0.05, 0.1) is 0 Å². The van der Waals surface area contributed by atoms with Crippen molar-refractivity contribution in [1.82, 2.24) is 0 Å². The monoisotopic (exact) mass is 156 g/mol. The molecule has 11 heavy (non-hydrogen) atoms. The number of allylic oxidation sites excluding steroid dienone is 1. The average Bonchev–Trinajstić information content (AvgIpc) is 1.88. The topological polar surface area (TPSA) is 23.1 Å². The van der Waals surface area contributed by atoms with Crippen LogP contribution in [-0.2, 0) is 0 Å². The minimum Gasteiger partial charge on any atom is -0.876 e. The fourth-order valence-corrected chi connectivity index (χ4v) is 0.784. The van der Waals surface area contributed by atoms with E-state index in [0.717, 1.165) is 5.56 Å². The van der Waals surface area contributed by atoms with Crippen LogP contribution in [0.4, 0.5) is 0 Å². The fourth-order valence-electron chi connectivity index (χ4n) is 0.784. The molecule has 0 heterocycles. The van der Waals surface area contributed by atoms with Crippen molar-refractivity contribution < 1.29 is 34.7 Å². The Morgan fingerprint density at radius 3 is 2.27 bits per heavy atom. The SMILES string of the molecule is C/C([O-])=C/c1ccccc1.[Na+]. The van der Waals surface area contributed by atoms with Gasteiger partial charge in [-0.15, -0.1) is 5.76 Å². The molecule has 1 aromatic rings. The van der Waals surface area contributed by atoms with E-state index in [9.17, 15) is 5.11 Å². The Labute approximate surface area is 89.0 Å². The van der Waals surface area contributed by atoms with Crippen molar-refractivity contribution in [2.75, 3.05) is 0 Å². The molecule has 0 radical (unpaired) electrons. The first-order valence-corrected chi connectivity index (χ1v) is 3.19. The van der Waals surface area contributed by atoms with Crippen molar-refractivity contribution in [2.45, 2.75) is 6.92 Å². The van der Waals surface area contributed by atoms with Crippen LogP contribution < -0.4 is 34.7 Å². The third-order valence-electron chi connectivity index (χ3n) is 1.17. The van der Waals surface area contributed by atoms with Crippen molar-refractivity contribution in [3.63, 3.8) is 0 Å². The molecule has 1 nitrogen and oxygen atoms in total. The fraction of sp³-hybridized carbons (Fsp3) is 0.111. The molecule has 0 aliphatic rings. The molecule has 0 unspecified atom stereocenters. The van der Waals surface area contributed by atoms with Gasteiger partial charge in [0, 0.05) is 0 Å². The van der Waals surface area contributed by atoms with Gasteiger partial charge in [-0.05, 0) is 5.56 Å². The maximum atomic E-state index is 10.6. The number of benzene rings is 1. The van der Waals surface area contributed by atoms with E-state index in [2.05, 4.69) is 0 Å². The van der Waals surface area contributed by atoms with Crippen LogP contribution in [0.5, 0.6) is 0 Å². The third-order valence-corrected chi connectivity index (χ3v) is 1.17. The van der Waals surface area contributed by atoms with Gasteiger partial charge in [0.15, 0.2) is 0 Å². The molecule has 0 spiro atoms. The maximum absolute atomic E-state index is 10.6. The Hall–Kier alpha value is -0.240. The van der Waals surface area contributed by atoms with Crippen LogP contribution in [0.3, 0.4) is 0 Å². The molecule has 0 amide bonds. The van der Waals surface area contributed by atoms with Crippen LogP contribution in [0.1, 0.15) is 12.5 Å². The maximum Gasteiger partial charge on any atom is 1.00 e. The van der Waals surface area contributed by atoms with Crippen LogP contribution in [0.25, 0.3) is 6.08 Å². The molecule has 0 N–H and O–H groups in total. The van der Waals surface area contributed by atoms with E-state index in [4.69, 9.17) is 0 Å². The smallest absolute Gasteiger partial charge is 0.876 e. The van der Waals surface area contributed by atoms with Gasteiger partial charge in [-0.3, -0.25) is 0 Å². The normalized spacial score (nSPS) is 10.5. The zero-order valence-electron chi connectivity index (χ0n) is 6.87. The molecular weight excluding hydrogens is 147 g/mol. The van der Waals surface area contributed by atoms with Crippen molar-refractivity contribution >= 4 is 6.08 Å². The number of hydrogen-bond acceptors (Lipinski definition) is 1. The summed E-state index contributed by atoms with van der Waals surface area (Å²) in [6.07, 6.45) is 1.61. The van der Waals surface area contributed by atoms with Gasteiger partial charge < -0.3 is 5.11 Å². The molecule has 0 saturated heterocycles. The quantitative estimate of drug-likeness (QED) is 0.355. The van der Waals surface area contributed by atoms with E-state index >= 15 is 0 Å². The second-order valence-corrected chi connectivity index (χ2v) is 2.17. The molecule has 52 valence electrons. The Bertz CT molecular complexity index is 225. The van der Waals surface area contributed by atoms with Crippen LogP contribution in [0, 0.1) is 0 Å². The summed E-state index contributed by atoms with van der Waals surface area (Å²) in [5, 5.41) is 10.6. The molecule has 2 heteroatoms. The van der Waals surface area contributed by atoms with E-state index in [-0.39, 0.29) is 35.3 Å². The Kier molecular flexibility index (Phi) is 5.30. The van der Waals surface area contributed by atoms with E-state index in [1.54, 1.807) is 13.0 Å². The predicted octanol–water partition coefficient (Wildman–Crippen LogP) is -1.59. The molecular formula is C9H9NaO. The second kappa shape index (κ2) is 5.42. The summed E-state index contributed by atoms with van der Waals surface area (Å²) < 4.78 is 0. The van der Waals surface area contributed by atoms with E-state index < -0.39 is 0 Å². The molecule has 0 fully saturated rings. The van der Waals surface area contributed by atoms with E-state index in [1.165, 1.54) is 0 Å². The van der Waals surface area contributed by atoms with Crippen LogP contribution in [-0.4, -0.2) is 0 Å². The Morgan fingerprint density at radius 1 is 1.27 bits per heavy atom. The standard InChI is InChI=1S/C9H10O.Na/c1-8(10)7-9-5-3-2-4-6-9;/h2-7,10H,1H3;/q;+1/p-1/b8-7-;. The Balaban J connectivity index is 0.000001000. The van der Waals surface area contributed by atoms with Gasteiger partial charge in [0.2, 0.25) is 0 Å². The summed E-state index contributed by atoms with van der Waals surface area (Å²) in [7, 11) is 0. The number of rotatable bonds is 1. The first kappa shape index (κ1) is 10.8. The van der Waals surface area contributed by atoms with Gasteiger partial charge in [-0.2, -0.15) is 0 Å². The van der Waals surface area contributed by atoms with Gasteiger partial charge in [-0.1, -0.05) is 43.3 Å². The van der Waals surface area contributed by atoms with Gasteiger partial charge in [-0.25, -0.2) is 0 Å². The predicted molar refractivity (Wildman–Crippen MR) is 40.1 cm³/mol.